The zero-order valence-electron chi connectivity index (χ0n) is 10.0. The number of carboxylic acid groups (broad SMARTS) is 1. The molecule has 0 bridgehead atoms. The maximum absolute atomic E-state index is 11.6. The molecule has 1 atom stereocenters. The molecule has 6 nitrogen and oxygen atoms in total. The van der Waals surface area contributed by atoms with Crippen LogP contribution in [0.15, 0.2) is 18.2 Å². The maximum atomic E-state index is 11.6. The van der Waals surface area contributed by atoms with Crippen LogP contribution >= 0.6 is 0 Å². The largest absolute Gasteiger partial charge is 0.478 e. The molecular weight excluding hydrogens is 234 g/mol. The van der Waals surface area contributed by atoms with Gasteiger partial charge in [-0.15, -0.1) is 0 Å². The van der Waals surface area contributed by atoms with Crippen molar-refractivity contribution in [2.75, 3.05) is 23.7 Å². The molecule has 18 heavy (non-hydrogen) atoms. The molecule has 0 spiro atoms. The third-order valence-corrected chi connectivity index (χ3v) is 3.08. The van der Waals surface area contributed by atoms with E-state index >= 15 is 0 Å². The number of anilines is 2. The smallest absolute Gasteiger partial charge is 0.335 e. The van der Waals surface area contributed by atoms with Gasteiger partial charge < -0.3 is 21.1 Å². The number of nitrogens with zero attached hydrogens (tertiary/aromatic N) is 1. The average Bonchev–Trinajstić information content (AvgIpc) is 2.33. The van der Waals surface area contributed by atoms with Crippen LogP contribution in [0.5, 0.6) is 0 Å². The predicted molar refractivity (Wildman–Crippen MR) is 67.6 cm³/mol. The first-order valence-corrected chi connectivity index (χ1v) is 5.68. The Kier molecular flexibility index (Phi) is 3.10. The van der Waals surface area contributed by atoms with Gasteiger partial charge in [-0.05, 0) is 25.1 Å². The molecule has 0 saturated carbocycles. The third-order valence-electron chi connectivity index (χ3n) is 3.08. The van der Waals surface area contributed by atoms with Gasteiger partial charge in [0.05, 0.1) is 16.9 Å². The normalized spacial score (nSPS) is 19.5. The van der Waals surface area contributed by atoms with Gasteiger partial charge in [0.2, 0.25) is 5.91 Å². The van der Waals surface area contributed by atoms with Crippen molar-refractivity contribution >= 4 is 23.3 Å². The monoisotopic (exact) mass is 249 g/mol. The lowest BCUT2D eigenvalue weighted by atomic mass is 10.1. The summed E-state index contributed by atoms with van der Waals surface area (Å²) < 4.78 is 0. The molecule has 4 N–H and O–H groups in total. The first-order chi connectivity index (χ1) is 8.50. The topological polar surface area (TPSA) is 95.7 Å². The molecular formula is C12H15N3O3. The highest BCUT2D eigenvalue weighted by molar-refractivity contribution is 5.92. The summed E-state index contributed by atoms with van der Waals surface area (Å²) in [5, 5.41) is 11.6. The SMILES string of the molecule is CC1C(=O)NCCN1c1ccc(C(=O)O)cc1N. The highest BCUT2D eigenvalue weighted by Crippen LogP contribution is 2.27. The predicted octanol–water partition coefficient (Wildman–Crippen LogP) is 0.292. The summed E-state index contributed by atoms with van der Waals surface area (Å²) in [6.07, 6.45) is 0. The van der Waals surface area contributed by atoms with Crippen molar-refractivity contribution < 1.29 is 14.7 Å². The molecule has 96 valence electrons. The number of hydrogen-bond donors (Lipinski definition) is 3. The number of nitrogens with one attached hydrogen (secondary N) is 1. The van der Waals surface area contributed by atoms with Crippen molar-refractivity contribution in [1.29, 1.82) is 0 Å². The molecule has 1 heterocycles. The number of carbonyl (C=O) groups is 2. The highest BCUT2D eigenvalue weighted by Gasteiger charge is 2.26. The van der Waals surface area contributed by atoms with Crippen molar-refractivity contribution in [1.82, 2.24) is 5.32 Å². The number of carbonyl (C=O) groups excluding carboxylic acids is 1. The Hall–Kier alpha value is -2.24. The highest BCUT2D eigenvalue weighted by atomic mass is 16.4. The molecule has 1 aliphatic heterocycles. The standard InChI is InChI=1S/C12H15N3O3/c1-7-11(16)14-4-5-15(7)10-3-2-8(12(17)18)6-9(10)13/h2-3,6-7H,4-5,13H2,1H3,(H,14,16)(H,17,18). The Morgan fingerprint density at radius 3 is 2.89 bits per heavy atom. The van der Waals surface area contributed by atoms with Gasteiger partial charge in [-0.25, -0.2) is 4.79 Å². The number of piperazine rings is 1. The number of rotatable bonds is 2. The molecule has 0 aromatic heterocycles. The van der Waals surface area contributed by atoms with E-state index in [4.69, 9.17) is 10.8 Å². The van der Waals surface area contributed by atoms with E-state index in [1.165, 1.54) is 12.1 Å². The zero-order valence-corrected chi connectivity index (χ0v) is 10.0. The Bertz CT molecular complexity index is 501. The maximum Gasteiger partial charge on any atom is 0.335 e. The first kappa shape index (κ1) is 12.2. The van der Waals surface area contributed by atoms with E-state index in [0.717, 1.165) is 0 Å². The first-order valence-electron chi connectivity index (χ1n) is 5.68. The fourth-order valence-corrected chi connectivity index (χ4v) is 2.06. The molecule has 6 heteroatoms. The van der Waals surface area contributed by atoms with E-state index in [9.17, 15) is 9.59 Å². The number of hydrogen-bond acceptors (Lipinski definition) is 4. The van der Waals surface area contributed by atoms with Crippen LogP contribution in [0.4, 0.5) is 11.4 Å². The van der Waals surface area contributed by atoms with E-state index in [0.29, 0.717) is 24.5 Å². The van der Waals surface area contributed by atoms with Crippen molar-refractivity contribution in [3.05, 3.63) is 23.8 Å². The number of nitrogens with two attached hydrogens (primary N) is 1. The van der Waals surface area contributed by atoms with Crippen molar-refractivity contribution in [3.8, 4) is 0 Å². The summed E-state index contributed by atoms with van der Waals surface area (Å²) in [4.78, 5) is 24.3. The average molecular weight is 249 g/mol. The van der Waals surface area contributed by atoms with E-state index in [1.807, 2.05) is 4.90 Å². The van der Waals surface area contributed by atoms with Crippen LogP contribution in [0, 0.1) is 0 Å². The minimum Gasteiger partial charge on any atom is -0.478 e. The summed E-state index contributed by atoms with van der Waals surface area (Å²) >= 11 is 0. The van der Waals surface area contributed by atoms with Gasteiger partial charge in [0.1, 0.15) is 6.04 Å². The van der Waals surface area contributed by atoms with Crippen LogP contribution in [-0.2, 0) is 4.79 Å². The minimum atomic E-state index is -1.02. The van der Waals surface area contributed by atoms with Crippen LogP contribution < -0.4 is 16.0 Å². The van der Waals surface area contributed by atoms with Gasteiger partial charge in [0.25, 0.3) is 0 Å². The van der Waals surface area contributed by atoms with Crippen LogP contribution in [-0.4, -0.2) is 36.1 Å². The lowest BCUT2D eigenvalue weighted by molar-refractivity contribution is -0.122. The van der Waals surface area contributed by atoms with Gasteiger partial charge in [0, 0.05) is 13.1 Å². The number of nitrogen functional groups attached to an aromatic ring is 1. The second-order valence-corrected chi connectivity index (χ2v) is 4.24. The Morgan fingerprint density at radius 2 is 2.28 bits per heavy atom. The van der Waals surface area contributed by atoms with Gasteiger partial charge in [0.15, 0.2) is 0 Å². The quantitative estimate of drug-likeness (QED) is 0.655. The number of aromatic carboxylic acids is 1. The van der Waals surface area contributed by atoms with Gasteiger partial charge in [-0.1, -0.05) is 0 Å². The van der Waals surface area contributed by atoms with Gasteiger partial charge in [-0.3, -0.25) is 4.79 Å². The number of carboxylic acids is 1. The fraction of sp³-hybridized carbons (Fsp3) is 0.333. The van der Waals surface area contributed by atoms with Crippen LogP contribution in [0.3, 0.4) is 0 Å². The van der Waals surface area contributed by atoms with E-state index in [2.05, 4.69) is 5.32 Å². The Balaban J connectivity index is 2.33. The second-order valence-electron chi connectivity index (χ2n) is 4.24. The lowest BCUT2D eigenvalue weighted by Gasteiger charge is -2.35. The lowest BCUT2D eigenvalue weighted by Crippen LogP contribution is -2.54. The van der Waals surface area contributed by atoms with Crippen LogP contribution in [0.1, 0.15) is 17.3 Å². The molecule has 1 amide bonds. The van der Waals surface area contributed by atoms with E-state index < -0.39 is 5.97 Å². The third kappa shape index (κ3) is 2.09. The molecule has 0 aliphatic carbocycles. The fourth-order valence-electron chi connectivity index (χ4n) is 2.06. The van der Waals surface area contributed by atoms with E-state index in [1.54, 1.807) is 13.0 Å². The summed E-state index contributed by atoms with van der Waals surface area (Å²) in [5.74, 6) is -1.07. The van der Waals surface area contributed by atoms with Gasteiger partial charge >= 0.3 is 5.97 Å². The molecule has 2 rings (SSSR count). The zero-order chi connectivity index (χ0) is 13.3. The summed E-state index contributed by atoms with van der Waals surface area (Å²) in [6, 6.07) is 4.25. The number of amides is 1. The molecule has 0 radical (unpaired) electrons. The molecule has 1 saturated heterocycles. The van der Waals surface area contributed by atoms with Gasteiger partial charge in [-0.2, -0.15) is 0 Å². The molecule has 1 aromatic carbocycles. The molecule has 1 aromatic rings. The van der Waals surface area contributed by atoms with Crippen molar-refractivity contribution in [2.24, 2.45) is 0 Å². The van der Waals surface area contributed by atoms with Crippen LogP contribution in [0.2, 0.25) is 0 Å². The summed E-state index contributed by atoms with van der Waals surface area (Å²) in [7, 11) is 0. The summed E-state index contributed by atoms with van der Waals surface area (Å²) in [5.41, 5.74) is 7.07. The van der Waals surface area contributed by atoms with E-state index in [-0.39, 0.29) is 17.5 Å². The second kappa shape index (κ2) is 4.56. The summed E-state index contributed by atoms with van der Waals surface area (Å²) in [6.45, 7) is 3.01. The van der Waals surface area contributed by atoms with Crippen LogP contribution in [0.25, 0.3) is 0 Å². The molecule has 1 unspecified atom stereocenters. The minimum absolute atomic E-state index is 0.0528. The Labute approximate surface area is 104 Å². The Morgan fingerprint density at radius 1 is 1.56 bits per heavy atom. The van der Waals surface area contributed by atoms with Crippen molar-refractivity contribution in [2.45, 2.75) is 13.0 Å². The number of benzene rings is 1. The molecule has 1 aliphatic rings. The van der Waals surface area contributed by atoms with Crippen molar-refractivity contribution in [3.63, 3.8) is 0 Å². The molecule has 1 fully saturated rings.